The highest BCUT2D eigenvalue weighted by atomic mass is 16.4. The van der Waals surface area contributed by atoms with Crippen LogP contribution in [0, 0.1) is 19.8 Å². The topological polar surface area (TPSA) is 65.1 Å². The number of carbonyl (C=O) groups is 1. The molecule has 100 valence electrons. The minimum Gasteiger partial charge on any atom is -0.481 e. The molecule has 1 aliphatic rings. The minimum absolute atomic E-state index is 0.148. The summed E-state index contributed by atoms with van der Waals surface area (Å²) in [6.45, 7) is 4.74. The van der Waals surface area contributed by atoms with Gasteiger partial charge in [-0.15, -0.1) is 0 Å². The van der Waals surface area contributed by atoms with E-state index in [1.54, 1.807) is 0 Å². The van der Waals surface area contributed by atoms with E-state index in [1.807, 2.05) is 0 Å². The normalized spacial score (nSPS) is 23.1. The maximum Gasteiger partial charge on any atom is 0.307 e. The van der Waals surface area contributed by atoms with Crippen LogP contribution in [-0.2, 0) is 4.79 Å². The number of rotatable bonds is 2. The van der Waals surface area contributed by atoms with Gasteiger partial charge in [0.05, 0.1) is 5.92 Å². The smallest absolute Gasteiger partial charge is 0.307 e. The Bertz CT molecular complexity index is 645. The molecule has 3 rings (SSSR count). The van der Waals surface area contributed by atoms with Crippen molar-refractivity contribution < 1.29 is 9.90 Å². The molecule has 2 aromatic rings. The number of carboxylic acid groups (broad SMARTS) is 1. The lowest BCUT2D eigenvalue weighted by Crippen LogP contribution is -2.17. The van der Waals surface area contributed by atoms with Gasteiger partial charge in [-0.3, -0.25) is 4.79 Å². The highest BCUT2D eigenvalue weighted by Crippen LogP contribution is 2.30. The van der Waals surface area contributed by atoms with Crippen LogP contribution in [0.25, 0.3) is 10.9 Å². The van der Waals surface area contributed by atoms with Crippen molar-refractivity contribution >= 4 is 16.9 Å². The van der Waals surface area contributed by atoms with Crippen LogP contribution in [0.1, 0.15) is 29.3 Å². The molecule has 2 heterocycles. The average Bonchev–Trinajstić information content (AvgIpc) is 2.96. The van der Waals surface area contributed by atoms with E-state index in [2.05, 4.69) is 42.3 Å². The number of aryl methyl sites for hydroxylation is 2. The molecule has 1 aromatic heterocycles. The van der Waals surface area contributed by atoms with E-state index in [1.165, 1.54) is 16.6 Å². The third kappa shape index (κ3) is 2.02. The van der Waals surface area contributed by atoms with Crippen molar-refractivity contribution in [3.05, 3.63) is 35.0 Å². The lowest BCUT2D eigenvalue weighted by Gasteiger charge is -2.10. The third-order valence-corrected chi connectivity index (χ3v) is 4.21. The number of benzene rings is 1. The first-order chi connectivity index (χ1) is 9.06. The number of fused-ring (bicyclic) bond motifs is 1. The summed E-state index contributed by atoms with van der Waals surface area (Å²) in [5, 5.41) is 13.6. The number of carboxylic acids is 1. The largest absolute Gasteiger partial charge is 0.481 e. The van der Waals surface area contributed by atoms with Crippen LogP contribution in [0.2, 0.25) is 0 Å². The van der Waals surface area contributed by atoms with Crippen molar-refractivity contribution in [2.45, 2.75) is 26.3 Å². The number of hydrogen-bond acceptors (Lipinski definition) is 2. The van der Waals surface area contributed by atoms with Crippen LogP contribution < -0.4 is 5.32 Å². The van der Waals surface area contributed by atoms with Crippen LogP contribution in [0.15, 0.2) is 18.2 Å². The number of hydrogen-bond donors (Lipinski definition) is 3. The average molecular weight is 258 g/mol. The Morgan fingerprint density at radius 3 is 2.84 bits per heavy atom. The number of H-pyrrole nitrogens is 1. The number of nitrogens with one attached hydrogen (secondary N) is 2. The van der Waals surface area contributed by atoms with E-state index in [0.717, 1.165) is 11.1 Å². The van der Waals surface area contributed by atoms with Crippen molar-refractivity contribution in [2.24, 2.45) is 5.92 Å². The van der Waals surface area contributed by atoms with Crippen LogP contribution >= 0.6 is 0 Å². The summed E-state index contributed by atoms with van der Waals surface area (Å²) in [7, 11) is 0. The van der Waals surface area contributed by atoms with E-state index in [-0.39, 0.29) is 12.0 Å². The molecule has 2 unspecified atom stereocenters. The third-order valence-electron chi connectivity index (χ3n) is 4.21. The molecule has 4 heteroatoms. The highest BCUT2D eigenvalue weighted by Gasteiger charge is 2.30. The SMILES string of the molecule is Cc1[nH]c2cc(C3CC(C(=O)O)CN3)ccc2c1C. The lowest BCUT2D eigenvalue weighted by atomic mass is 9.99. The van der Waals surface area contributed by atoms with Crippen molar-refractivity contribution in [3.8, 4) is 0 Å². The molecule has 1 aromatic carbocycles. The summed E-state index contributed by atoms with van der Waals surface area (Å²) in [6, 6.07) is 6.51. The molecule has 0 aliphatic carbocycles. The van der Waals surface area contributed by atoms with Gasteiger partial charge in [-0.05, 0) is 37.5 Å². The van der Waals surface area contributed by atoms with E-state index < -0.39 is 5.97 Å². The Labute approximate surface area is 111 Å². The van der Waals surface area contributed by atoms with E-state index in [0.29, 0.717) is 13.0 Å². The molecule has 4 nitrogen and oxygen atoms in total. The summed E-state index contributed by atoms with van der Waals surface area (Å²) < 4.78 is 0. The lowest BCUT2D eigenvalue weighted by molar-refractivity contribution is -0.141. The summed E-state index contributed by atoms with van der Waals surface area (Å²) in [5.74, 6) is -0.976. The second-order valence-electron chi connectivity index (χ2n) is 5.41. The molecule has 0 saturated carbocycles. The van der Waals surface area contributed by atoms with Gasteiger partial charge in [0.1, 0.15) is 0 Å². The first-order valence-electron chi connectivity index (χ1n) is 6.61. The predicted molar refractivity (Wildman–Crippen MR) is 74.3 cm³/mol. The fourth-order valence-corrected chi connectivity index (χ4v) is 2.88. The van der Waals surface area contributed by atoms with Gasteiger partial charge >= 0.3 is 5.97 Å². The molecule has 0 bridgehead atoms. The molecule has 0 amide bonds. The van der Waals surface area contributed by atoms with Gasteiger partial charge in [-0.2, -0.15) is 0 Å². The Balaban J connectivity index is 1.92. The van der Waals surface area contributed by atoms with Gasteiger partial charge in [0.25, 0.3) is 0 Å². The van der Waals surface area contributed by atoms with Gasteiger partial charge in [-0.1, -0.05) is 12.1 Å². The number of aromatic nitrogens is 1. The van der Waals surface area contributed by atoms with Crippen molar-refractivity contribution in [1.29, 1.82) is 0 Å². The molecule has 2 atom stereocenters. The quantitative estimate of drug-likeness (QED) is 0.775. The molecular weight excluding hydrogens is 240 g/mol. The Hall–Kier alpha value is -1.81. The van der Waals surface area contributed by atoms with Gasteiger partial charge in [0.2, 0.25) is 0 Å². The molecular formula is C15H18N2O2. The maximum atomic E-state index is 11.0. The van der Waals surface area contributed by atoms with Crippen LogP contribution in [0.4, 0.5) is 0 Å². The molecule has 1 saturated heterocycles. The first kappa shape index (κ1) is 12.2. The maximum absolute atomic E-state index is 11.0. The van der Waals surface area contributed by atoms with Crippen molar-refractivity contribution in [2.75, 3.05) is 6.54 Å². The molecule has 3 N–H and O–H groups in total. The van der Waals surface area contributed by atoms with Gasteiger partial charge in [0.15, 0.2) is 0 Å². The van der Waals surface area contributed by atoms with E-state index in [9.17, 15) is 4.79 Å². The monoisotopic (exact) mass is 258 g/mol. The van der Waals surface area contributed by atoms with Crippen molar-refractivity contribution in [3.63, 3.8) is 0 Å². The summed E-state index contributed by atoms with van der Waals surface area (Å²) in [5.41, 5.74) is 4.77. The van der Waals surface area contributed by atoms with Crippen LogP contribution in [0.3, 0.4) is 0 Å². The summed E-state index contributed by atoms with van der Waals surface area (Å²) in [6.07, 6.45) is 0.666. The fraction of sp³-hybridized carbons (Fsp3) is 0.400. The fourth-order valence-electron chi connectivity index (χ4n) is 2.88. The molecule has 1 aliphatic heterocycles. The second kappa shape index (κ2) is 4.38. The highest BCUT2D eigenvalue weighted by molar-refractivity contribution is 5.85. The Kier molecular flexibility index (Phi) is 2.82. The zero-order chi connectivity index (χ0) is 13.6. The summed E-state index contributed by atoms with van der Waals surface area (Å²) in [4.78, 5) is 14.4. The van der Waals surface area contributed by atoms with Crippen LogP contribution in [-0.4, -0.2) is 22.6 Å². The Morgan fingerprint density at radius 2 is 2.16 bits per heavy atom. The first-order valence-corrected chi connectivity index (χ1v) is 6.61. The minimum atomic E-state index is -0.706. The number of aromatic amines is 1. The van der Waals surface area contributed by atoms with Gasteiger partial charge < -0.3 is 15.4 Å². The molecule has 19 heavy (non-hydrogen) atoms. The van der Waals surface area contributed by atoms with Gasteiger partial charge in [0, 0.05) is 29.2 Å². The Morgan fingerprint density at radius 1 is 1.37 bits per heavy atom. The van der Waals surface area contributed by atoms with Crippen LogP contribution in [0.5, 0.6) is 0 Å². The second-order valence-corrected chi connectivity index (χ2v) is 5.41. The van der Waals surface area contributed by atoms with Crippen molar-refractivity contribution in [1.82, 2.24) is 10.3 Å². The standard InChI is InChI=1S/C15H18N2O2/c1-8-9(2)17-14-5-10(3-4-12(8)14)13-6-11(7-16-13)15(18)19/h3-5,11,13,16-17H,6-7H2,1-2H3,(H,18,19). The predicted octanol–water partition coefficient (Wildman–Crippen LogP) is 2.52. The zero-order valence-electron chi connectivity index (χ0n) is 11.2. The molecule has 0 radical (unpaired) electrons. The molecule has 0 spiro atoms. The van der Waals surface area contributed by atoms with Gasteiger partial charge in [-0.25, -0.2) is 0 Å². The van der Waals surface area contributed by atoms with E-state index >= 15 is 0 Å². The van der Waals surface area contributed by atoms with E-state index in [4.69, 9.17) is 5.11 Å². The summed E-state index contributed by atoms with van der Waals surface area (Å²) >= 11 is 0. The number of aliphatic carboxylic acids is 1. The molecule has 1 fully saturated rings. The zero-order valence-corrected chi connectivity index (χ0v) is 11.2.